The number of aromatic nitrogens is 3. The molecule has 22 heavy (non-hydrogen) atoms. The lowest BCUT2D eigenvalue weighted by atomic mass is 10.2. The summed E-state index contributed by atoms with van der Waals surface area (Å²) in [5, 5.41) is 19.3. The molecule has 2 aromatic rings. The fourth-order valence-corrected chi connectivity index (χ4v) is 2.66. The molecule has 1 aliphatic carbocycles. The second-order valence-electron chi connectivity index (χ2n) is 5.39. The van der Waals surface area contributed by atoms with Crippen molar-refractivity contribution in [2.75, 3.05) is 11.9 Å². The van der Waals surface area contributed by atoms with E-state index in [1.807, 2.05) is 6.07 Å². The summed E-state index contributed by atoms with van der Waals surface area (Å²) in [6.07, 6.45) is 3.95. The van der Waals surface area contributed by atoms with E-state index >= 15 is 0 Å². The van der Waals surface area contributed by atoms with Crippen molar-refractivity contribution < 1.29 is 9.90 Å². The predicted octanol–water partition coefficient (Wildman–Crippen LogP) is 1.16. The number of nitrogens with one attached hydrogen (secondary N) is 2. The highest BCUT2D eigenvalue weighted by Gasteiger charge is 2.15. The Morgan fingerprint density at radius 3 is 3.05 bits per heavy atom. The SMILES string of the molecule is Cn1nccc1C(O)CNC(=O)Nc1ccc2c(n1)CCC2. The van der Waals surface area contributed by atoms with Crippen molar-refractivity contribution in [1.82, 2.24) is 20.1 Å². The molecule has 0 aromatic carbocycles. The highest BCUT2D eigenvalue weighted by Crippen LogP contribution is 2.21. The summed E-state index contributed by atoms with van der Waals surface area (Å²) >= 11 is 0. The molecule has 0 fully saturated rings. The van der Waals surface area contributed by atoms with E-state index in [-0.39, 0.29) is 12.6 Å². The maximum absolute atomic E-state index is 11.9. The van der Waals surface area contributed by atoms with Crippen molar-refractivity contribution in [1.29, 1.82) is 0 Å². The number of carbonyl (C=O) groups excluding carboxylic acids is 1. The smallest absolute Gasteiger partial charge is 0.320 e. The molecule has 0 aliphatic heterocycles. The van der Waals surface area contributed by atoms with Gasteiger partial charge in [-0.15, -0.1) is 0 Å². The van der Waals surface area contributed by atoms with E-state index in [9.17, 15) is 9.90 Å². The Morgan fingerprint density at radius 2 is 2.27 bits per heavy atom. The zero-order chi connectivity index (χ0) is 15.5. The molecular formula is C15H19N5O2. The first-order valence-corrected chi connectivity index (χ1v) is 7.33. The molecule has 7 nitrogen and oxygen atoms in total. The van der Waals surface area contributed by atoms with Gasteiger partial charge >= 0.3 is 6.03 Å². The van der Waals surface area contributed by atoms with Crippen LogP contribution in [0.4, 0.5) is 10.6 Å². The van der Waals surface area contributed by atoms with Crippen LogP contribution in [0.25, 0.3) is 0 Å². The summed E-state index contributed by atoms with van der Waals surface area (Å²) in [4.78, 5) is 16.3. The Labute approximate surface area is 128 Å². The van der Waals surface area contributed by atoms with E-state index in [0.29, 0.717) is 11.5 Å². The average Bonchev–Trinajstić information content (AvgIpc) is 3.12. The average molecular weight is 301 g/mol. The maximum atomic E-state index is 11.9. The lowest BCUT2D eigenvalue weighted by Crippen LogP contribution is -2.33. The molecule has 0 radical (unpaired) electrons. The van der Waals surface area contributed by atoms with E-state index in [4.69, 9.17) is 0 Å². The van der Waals surface area contributed by atoms with Crippen LogP contribution in [0.2, 0.25) is 0 Å². The minimum Gasteiger partial charge on any atom is -0.385 e. The van der Waals surface area contributed by atoms with E-state index in [1.54, 1.807) is 30.1 Å². The van der Waals surface area contributed by atoms with E-state index < -0.39 is 6.10 Å². The highest BCUT2D eigenvalue weighted by atomic mass is 16.3. The van der Waals surface area contributed by atoms with Crippen molar-refractivity contribution in [2.24, 2.45) is 7.05 Å². The quantitative estimate of drug-likeness (QED) is 0.790. The third-order valence-corrected chi connectivity index (χ3v) is 3.83. The molecule has 0 saturated heterocycles. The van der Waals surface area contributed by atoms with Crippen LogP contribution < -0.4 is 10.6 Å². The number of rotatable bonds is 4. The van der Waals surface area contributed by atoms with E-state index in [2.05, 4.69) is 20.7 Å². The first-order chi connectivity index (χ1) is 10.6. The van der Waals surface area contributed by atoms with Gasteiger partial charge in [-0.3, -0.25) is 10.00 Å². The maximum Gasteiger partial charge on any atom is 0.320 e. The Morgan fingerprint density at radius 1 is 1.41 bits per heavy atom. The first-order valence-electron chi connectivity index (χ1n) is 7.33. The number of hydrogen-bond donors (Lipinski definition) is 3. The van der Waals surface area contributed by atoms with Crippen molar-refractivity contribution in [3.05, 3.63) is 41.3 Å². The molecule has 0 spiro atoms. The van der Waals surface area contributed by atoms with Gasteiger partial charge < -0.3 is 10.4 Å². The van der Waals surface area contributed by atoms with Crippen LogP contribution in [0.1, 0.15) is 29.5 Å². The molecule has 2 heterocycles. The second-order valence-corrected chi connectivity index (χ2v) is 5.39. The number of anilines is 1. The normalized spacial score (nSPS) is 14.5. The van der Waals surface area contributed by atoms with E-state index in [1.165, 1.54) is 5.56 Å². The van der Waals surface area contributed by atoms with Gasteiger partial charge in [0.2, 0.25) is 0 Å². The van der Waals surface area contributed by atoms with Gasteiger partial charge in [0.15, 0.2) is 0 Å². The number of hydrogen-bond acceptors (Lipinski definition) is 4. The summed E-state index contributed by atoms with van der Waals surface area (Å²) in [5.74, 6) is 0.535. The van der Waals surface area contributed by atoms with Crippen molar-refractivity contribution in [2.45, 2.75) is 25.4 Å². The number of aliphatic hydroxyl groups excluding tert-OH is 1. The van der Waals surface area contributed by atoms with Gasteiger partial charge in [-0.2, -0.15) is 5.10 Å². The molecule has 0 bridgehead atoms. The second kappa shape index (κ2) is 6.15. The molecule has 2 aromatic heterocycles. The first kappa shape index (κ1) is 14.5. The van der Waals surface area contributed by atoms with Crippen LogP contribution in [-0.4, -0.2) is 32.4 Å². The van der Waals surface area contributed by atoms with Gasteiger partial charge in [-0.25, -0.2) is 9.78 Å². The van der Waals surface area contributed by atoms with Gasteiger partial charge in [0.1, 0.15) is 11.9 Å². The van der Waals surface area contributed by atoms with Crippen molar-refractivity contribution in [3.8, 4) is 0 Å². The molecule has 0 saturated carbocycles. The summed E-state index contributed by atoms with van der Waals surface area (Å²) in [5.41, 5.74) is 2.97. The molecule has 1 unspecified atom stereocenters. The Balaban J connectivity index is 1.53. The number of pyridine rings is 1. The van der Waals surface area contributed by atoms with Crippen LogP contribution in [0.5, 0.6) is 0 Å². The largest absolute Gasteiger partial charge is 0.385 e. The molecular weight excluding hydrogens is 282 g/mol. The number of urea groups is 1. The summed E-state index contributed by atoms with van der Waals surface area (Å²) in [7, 11) is 1.74. The zero-order valence-corrected chi connectivity index (χ0v) is 12.4. The van der Waals surface area contributed by atoms with Gasteiger partial charge in [0.25, 0.3) is 0 Å². The standard InChI is InChI=1S/C15H19N5O2/c1-20-12(7-8-17-20)13(21)9-16-15(22)19-14-6-5-10-3-2-4-11(10)18-14/h5-8,13,21H,2-4,9H2,1H3,(H2,16,18,19,22). The van der Waals surface area contributed by atoms with Crippen LogP contribution in [0.3, 0.4) is 0 Å². The third kappa shape index (κ3) is 3.09. The number of nitrogens with zero attached hydrogens (tertiary/aromatic N) is 3. The lowest BCUT2D eigenvalue weighted by Gasteiger charge is -2.13. The number of amides is 2. The number of fused-ring (bicyclic) bond motifs is 1. The minimum absolute atomic E-state index is 0.107. The number of aliphatic hydroxyl groups is 1. The predicted molar refractivity (Wildman–Crippen MR) is 81.5 cm³/mol. The van der Waals surface area contributed by atoms with Crippen molar-refractivity contribution >= 4 is 11.8 Å². The summed E-state index contributed by atoms with van der Waals surface area (Å²) < 4.78 is 1.58. The Bertz CT molecular complexity index is 682. The zero-order valence-electron chi connectivity index (χ0n) is 12.4. The van der Waals surface area contributed by atoms with Crippen LogP contribution in [0.15, 0.2) is 24.4 Å². The minimum atomic E-state index is -0.800. The van der Waals surface area contributed by atoms with Crippen molar-refractivity contribution in [3.63, 3.8) is 0 Å². The van der Waals surface area contributed by atoms with Gasteiger partial charge in [-0.05, 0) is 37.0 Å². The highest BCUT2D eigenvalue weighted by molar-refractivity contribution is 5.88. The van der Waals surface area contributed by atoms with Crippen LogP contribution >= 0.6 is 0 Å². The van der Waals surface area contributed by atoms with Gasteiger partial charge in [-0.1, -0.05) is 6.07 Å². The third-order valence-electron chi connectivity index (χ3n) is 3.83. The molecule has 7 heteroatoms. The fourth-order valence-electron chi connectivity index (χ4n) is 2.66. The summed E-state index contributed by atoms with van der Waals surface area (Å²) in [6.45, 7) is 0.107. The van der Waals surface area contributed by atoms with Crippen LogP contribution in [-0.2, 0) is 19.9 Å². The monoisotopic (exact) mass is 301 g/mol. The Hall–Kier alpha value is -2.41. The molecule has 1 aliphatic rings. The molecule has 116 valence electrons. The molecule has 3 N–H and O–H groups in total. The topological polar surface area (TPSA) is 92.1 Å². The lowest BCUT2D eigenvalue weighted by molar-refractivity contribution is 0.166. The molecule has 1 atom stereocenters. The van der Waals surface area contributed by atoms with Gasteiger partial charge in [0.05, 0.1) is 12.2 Å². The molecule has 2 amide bonds. The van der Waals surface area contributed by atoms with Crippen LogP contribution in [0, 0.1) is 0 Å². The van der Waals surface area contributed by atoms with E-state index in [0.717, 1.165) is 25.0 Å². The fraction of sp³-hybridized carbons (Fsp3) is 0.400. The Kier molecular flexibility index (Phi) is 4.06. The van der Waals surface area contributed by atoms with Gasteiger partial charge in [0, 0.05) is 18.9 Å². The molecule has 3 rings (SSSR count). The summed E-state index contributed by atoms with van der Waals surface area (Å²) in [6, 6.07) is 5.15. The number of carbonyl (C=O) groups is 1. The number of aryl methyl sites for hydroxylation is 3.